The molecule has 1 N–H and O–H groups in total. The van der Waals surface area contributed by atoms with Crippen molar-refractivity contribution in [3.05, 3.63) is 33.8 Å². The summed E-state index contributed by atoms with van der Waals surface area (Å²) in [5.74, 6) is 0. The van der Waals surface area contributed by atoms with E-state index in [0.717, 1.165) is 44.5 Å². The molecule has 0 heterocycles. The summed E-state index contributed by atoms with van der Waals surface area (Å²) in [5, 5.41) is 4.79. The number of methoxy groups -OCH3 is 1. The zero-order chi connectivity index (χ0) is 15.0. The van der Waals surface area contributed by atoms with Gasteiger partial charge in [-0.25, -0.2) is 0 Å². The molecule has 0 aromatic heterocycles. The van der Waals surface area contributed by atoms with Crippen molar-refractivity contribution in [2.75, 3.05) is 26.8 Å². The highest BCUT2D eigenvalue weighted by molar-refractivity contribution is 6.42. The maximum Gasteiger partial charge on any atom is 0.0624 e. The Kier molecular flexibility index (Phi) is 7.90. The van der Waals surface area contributed by atoms with Gasteiger partial charge in [0.05, 0.1) is 16.7 Å². The molecule has 0 spiro atoms. The van der Waals surface area contributed by atoms with Crippen LogP contribution in [-0.4, -0.2) is 26.8 Å². The molecule has 0 saturated heterocycles. The summed E-state index contributed by atoms with van der Waals surface area (Å²) in [6, 6.07) is 5.87. The molecule has 1 atom stereocenters. The molecule has 4 heteroatoms. The van der Waals surface area contributed by atoms with Crippen LogP contribution in [0.4, 0.5) is 0 Å². The van der Waals surface area contributed by atoms with E-state index < -0.39 is 0 Å². The van der Waals surface area contributed by atoms with Gasteiger partial charge in [0, 0.05) is 20.2 Å². The molecule has 1 aromatic rings. The molecule has 0 saturated carbocycles. The lowest BCUT2D eigenvalue weighted by atomic mass is 9.79. The summed E-state index contributed by atoms with van der Waals surface area (Å²) in [6.07, 6.45) is 3.23. The Morgan fingerprint density at radius 2 is 2.05 bits per heavy atom. The van der Waals surface area contributed by atoms with Crippen LogP contribution in [0.5, 0.6) is 0 Å². The summed E-state index contributed by atoms with van der Waals surface area (Å²) in [5.41, 5.74) is 1.31. The van der Waals surface area contributed by atoms with Gasteiger partial charge in [0.2, 0.25) is 0 Å². The topological polar surface area (TPSA) is 21.3 Å². The van der Waals surface area contributed by atoms with Crippen LogP contribution in [-0.2, 0) is 11.2 Å². The zero-order valence-electron chi connectivity index (χ0n) is 12.6. The van der Waals surface area contributed by atoms with Crippen molar-refractivity contribution in [1.82, 2.24) is 5.32 Å². The predicted molar refractivity (Wildman–Crippen MR) is 87.9 cm³/mol. The Labute approximate surface area is 132 Å². The first kappa shape index (κ1) is 17.8. The third-order valence-electron chi connectivity index (χ3n) is 3.54. The van der Waals surface area contributed by atoms with E-state index in [0.29, 0.717) is 10.0 Å². The molecule has 0 aliphatic heterocycles. The number of halogens is 2. The summed E-state index contributed by atoms with van der Waals surface area (Å²) in [4.78, 5) is 0. The lowest BCUT2D eigenvalue weighted by Gasteiger charge is -2.30. The fourth-order valence-corrected chi connectivity index (χ4v) is 2.94. The van der Waals surface area contributed by atoms with E-state index in [4.69, 9.17) is 27.9 Å². The first-order chi connectivity index (χ1) is 9.52. The third kappa shape index (κ3) is 5.61. The summed E-state index contributed by atoms with van der Waals surface area (Å²) < 4.78 is 5.07. The fraction of sp³-hybridized carbons (Fsp3) is 0.625. The molecule has 0 bridgehead atoms. The second-order valence-corrected chi connectivity index (χ2v) is 6.41. The van der Waals surface area contributed by atoms with Crippen LogP contribution in [0.2, 0.25) is 10.0 Å². The van der Waals surface area contributed by atoms with Crippen molar-refractivity contribution < 1.29 is 4.74 Å². The van der Waals surface area contributed by atoms with Gasteiger partial charge in [0.15, 0.2) is 0 Å². The first-order valence-electron chi connectivity index (χ1n) is 7.15. The van der Waals surface area contributed by atoms with Gasteiger partial charge in [0.25, 0.3) is 0 Å². The fourth-order valence-electron chi connectivity index (χ4n) is 2.55. The highest BCUT2D eigenvalue weighted by Crippen LogP contribution is 2.33. The van der Waals surface area contributed by atoms with E-state index in [2.05, 4.69) is 25.2 Å². The van der Waals surface area contributed by atoms with Crippen LogP contribution in [0.25, 0.3) is 0 Å². The molecule has 1 unspecified atom stereocenters. The Morgan fingerprint density at radius 3 is 2.70 bits per heavy atom. The number of nitrogens with one attached hydrogen (secondary N) is 1. The van der Waals surface area contributed by atoms with E-state index in [9.17, 15) is 0 Å². The quantitative estimate of drug-likeness (QED) is 0.673. The van der Waals surface area contributed by atoms with Crippen molar-refractivity contribution in [3.63, 3.8) is 0 Å². The van der Waals surface area contributed by atoms with Crippen LogP contribution in [0, 0.1) is 5.41 Å². The van der Waals surface area contributed by atoms with Crippen LogP contribution >= 0.6 is 23.2 Å². The summed E-state index contributed by atoms with van der Waals surface area (Å²) in [7, 11) is 1.72. The number of rotatable bonds is 9. The van der Waals surface area contributed by atoms with Gasteiger partial charge in [-0.2, -0.15) is 0 Å². The number of ether oxygens (including phenoxy) is 1. The molecule has 20 heavy (non-hydrogen) atoms. The summed E-state index contributed by atoms with van der Waals surface area (Å²) in [6.45, 7) is 7.08. The molecule has 0 aliphatic carbocycles. The molecular formula is C16H25Cl2NO. The molecule has 114 valence electrons. The molecule has 2 nitrogen and oxygen atoms in total. The van der Waals surface area contributed by atoms with E-state index in [1.807, 2.05) is 12.1 Å². The van der Waals surface area contributed by atoms with Gasteiger partial charge in [0.1, 0.15) is 0 Å². The van der Waals surface area contributed by atoms with Gasteiger partial charge in [-0.05, 0) is 29.9 Å². The monoisotopic (exact) mass is 317 g/mol. The van der Waals surface area contributed by atoms with Crippen LogP contribution in [0.1, 0.15) is 32.3 Å². The van der Waals surface area contributed by atoms with Crippen LogP contribution in [0.15, 0.2) is 18.2 Å². The van der Waals surface area contributed by atoms with Crippen LogP contribution in [0.3, 0.4) is 0 Å². The lowest BCUT2D eigenvalue weighted by molar-refractivity contribution is 0.190. The van der Waals surface area contributed by atoms with Crippen molar-refractivity contribution >= 4 is 23.2 Å². The number of benzene rings is 1. The van der Waals surface area contributed by atoms with E-state index >= 15 is 0 Å². The van der Waals surface area contributed by atoms with Gasteiger partial charge < -0.3 is 10.1 Å². The van der Waals surface area contributed by atoms with Gasteiger partial charge >= 0.3 is 0 Å². The summed E-state index contributed by atoms with van der Waals surface area (Å²) >= 11 is 12.4. The van der Waals surface area contributed by atoms with Crippen molar-refractivity contribution in [3.8, 4) is 0 Å². The average molecular weight is 318 g/mol. The minimum absolute atomic E-state index is 0.177. The lowest BCUT2D eigenvalue weighted by Crippen LogP contribution is -2.35. The first-order valence-corrected chi connectivity index (χ1v) is 7.90. The Bertz CT molecular complexity index is 411. The molecule has 1 rings (SSSR count). The highest BCUT2D eigenvalue weighted by Gasteiger charge is 2.24. The number of hydrogen-bond acceptors (Lipinski definition) is 2. The largest absolute Gasteiger partial charge is 0.383 e. The molecule has 0 fully saturated rings. The second kappa shape index (κ2) is 8.89. The average Bonchev–Trinajstić information content (AvgIpc) is 2.41. The Balaban J connectivity index is 2.71. The van der Waals surface area contributed by atoms with Gasteiger partial charge in [-0.15, -0.1) is 0 Å². The van der Waals surface area contributed by atoms with Gasteiger partial charge in [-0.1, -0.05) is 55.6 Å². The van der Waals surface area contributed by atoms with E-state index in [1.54, 1.807) is 7.11 Å². The minimum atomic E-state index is 0.177. The molecular weight excluding hydrogens is 293 g/mol. The Hall–Kier alpha value is -0.280. The zero-order valence-corrected chi connectivity index (χ0v) is 14.2. The maximum absolute atomic E-state index is 6.31. The maximum atomic E-state index is 6.31. The second-order valence-electron chi connectivity index (χ2n) is 5.62. The number of hydrogen-bond donors (Lipinski definition) is 1. The molecule has 0 aliphatic rings. The molecule has 0 amide bonds. The van der Waals surface area contributed by atoms with Crippen molar-refractivity contribution in [2.24, 2.45) is 5.41 Å². The normalized spacial score (nSPS) is 14.2. The SMILES string of the molecule is CCCC(C)(CNCCOC)Cc1cccc(Cl)c1Cl. The predicted octanol–water partition coefficient (Wildman–Crippen LogP) is 4.58. The third-order valence-corrected chi connectivity index (χ3v) is 4.40. The van der Waals surface area contributed by atoms with E-state index in [-0.39, 0.29) is 5.41 Å². The van der Waals surface area contributed by atoms with Crippen LogP contribution < -0.4 is 5.32 Å². The standard InChI is InChI=1S/C16H25Cl2NO/c1-4-8-16(2,12-19-9-10-20-3)11-13-6-5-7-14(17)15(13)18/h5-7,19H,4,8-12H2,1-3H3. The smallest absolute Gasteiger partial charge is 0.0624 e. The van der Waals surface area contributed by atoms with Crippen molar-refractivity contribution in [2.45, 2.75) is 33.1 Å². The molecule has 0 radical (unpaired) electrons. The van der Waals surface area contributed by atoms with Gasteiger partial charge in [-0.3, -0.25) is 0 Å². The van der Waals surface area contributed by atoms with E-state index in [1.165, 1.54) is 0 Å². The van der Waals surface area contributed by atoms with Crippen molar-refractivity contribution in [1.29, 1.82) is 0 Å². The Morgan fingerprint density at radius 1 is 1.30 bits per heavy atom. The minimum Gasteiger partial charge on any atom is -0.383 e. The molecule has 1 aromatic carbocycles. The highest BCUT2D eigenvalue weighted by atomic mass is 35.5.